The Morgan fingerprint density at radius 1 is 1.30 bits per heavy atom. The quantitative estimate of drug-likeness (QED) is 0.386. The monoisotopic (exact) mass is 382 g/mol. The molecular weight excluding hydrogens is 368 g/mol. The van der Waals surface area contributed by atoms with Gasteiger partial charge >= 0.3 is 5.69 Å². The Hall–Kier alpha value is -3.59. The normalized spacial score (nSPS) is 10.8. The molecule has 8 nitrogen and oxygen atoms in total. The number of hydrogen-bond acceptors (Lipinski definition) is 7. The summed E-state index contributed by atoms with van der Waals surface area (Å²) in [7, 11) is 0. The van der Waals surface area contributed by atoms with Crippen molar-refractivity contribution in [2.24, 2.45) is 5.10 Å². The number of nitro benzene ring substituents is 1. The number of hydrazone groups is 1. The summed E-state index contributed by atoms with van der Waals surface area (Å²) in [5.74, 6) is -0.785. The fourth-order valence-corrected chi connectivity index (χ4v) is 3.06. The Kier molecular flexibility index (Phi) is 5.53. The lowest BCUT2D eigenvalue weighted by molar-refractivity contribution is -0.385. The third-order valence-electron chi connectivity index (χ3n) is 3.53. The van der Waals surface area contributed by atoms with Crippen LogP contribution < -0.4 is 5.43 Å². The maximum Gasteiger partial charge on any atom is 0.311 e. The zero-order valence-corrected chi connectivity index (χ0v) is 14.7. The molecule has 0 saturated heterocycles. The van der Waals surface area contributed by atoms with E-state index in [4.69, 9.17) is 0 Å². The number of aromatic hydroxyl groups is 1. The number of carbonyl (C=O) groups is 1. The number of nitro groups is 1. The number of rotatable bonds is 6. The van der Waals surface area contributed by atoms with E-state index in [9.17, 15) is 20.0 Å². The van der Waals surface area contributed by atoms with Crippen LogP contribution in [0.5, 0.6) is 5.75 Å². The van der Waals surface area contributed by atoms with Crippen LogP contribution in [0.15, 0.2) is 59.0 Å². The summed E-state index contributed by atoms with van der Waals surface area (Å²) in [4.78, 5) is 26.5. The van der Waals surface area contributed by atoms with Crippen LogP contribution in [0.4, 0.5) is 5.69 Å². The predicted octanol–water partition coefficient (Wildman–Crippen LogP) is 3.12. The number of aromatic nitrogens is 1. The van der Waals surface area contributed by atoms with E-state index < -0.39 is 16.4 Å². The van der Waals surface area contributed by atoms with Crippen molar-refractivity contribution in [2.45, 2.75) is 6.42 Å². The van der Waals surface area contributed by atoms with Gasteiger partial charge in [-0.25, -0.2) is 10.4 Å². The first-order valence-electron chi connectivity index (χ1n) is 7.82. The van der Waals surface area contributed by atoms with Crippen molar-refractivity contribution in [3.05, 3.63) is 74.6 Å². The summed E-state index contributed by atoms with van der Waals surface area (Å²) < 4.78 is 0. The molecule has 0 aliphatic rings. The second kappa shape index (κ2) is 8.19. The lowest BCUT2D eigenvalue weighted by Crippen LogP contribution is -2.19. The van der Waals surface area contributed by atoms with Gasteiger partial charge in [-0.3, -0.25) is 14.9 Å². The zero-order chi connectivity index (χ0) is 19.2. The lowest BCUT2D eigenvalue weighted by atomic mass is 10.2. The highest BCUT2D eigenvalue weighted by molar-refractivity contribution is 7.10. The van der Waals surface area contributed by atoms with Gasteiger partial charge in [0.15, 0.2) is 5.75 Å². The van der Waals surface area contributed by atoms with E-state index in [-0.39, 0.29) is 12.3 Å². The molecule has 1 amide bonds. The molecule has 136 valence electrons. The van der Waals surface area contributed by atoms with E-state index in [1.54, 1.807) is 0 Å². The second-order valence-corrected chi connectivity index (χ2v) is 6.41. The van der Waals surface area contributed by atoms with E-state index in [0.29, 0.717) is 10.6 Å². The fraction of sp³-hybridized carbons (Fsp3) is 0.0556. The summed E-state index contributed by atoms with van der Waals surface area (Å²) >= 11 is 1.38. The standard InChI is InChI=1S/C18H14N4O4S/c23-16-7-6-12(8-15(16)22(25)26)10-19-21-17(24)9-18-20-14(11-27-18)13-4-2-1-3-5-13/h1-8,10-11,23H,9H2,(H,21,24)/b19-10+. The molecule has 1 aromatic heterocycles. The van der Waals surface area contributed by atoms with Crippen LogP contribution in [0.3, 0.4) is 0 Å². The van der Waals surface area contributed by atoms with E-state index in [2.05, 4.69) is 15.5 Å². The van der Waals surface area contributed by atoms with Gasteiger partial charge in [0.05, 0.1) is 23.3 Å². The van der Waals surface area contributed by atoms with E-state index in [1.165, 1.54) is 29.7 Å². The smallest absolute Gasteiger partial charge is 0.311 e. The first-order chi connectivity index (χ1) is 13.0. The number of amides is 1. The van der Waals surface area contributed by atoms with Gasteiger partial charge in [0.2, 0.25) is 5.91 Å². The summed E-state index contributed by atoms with van der Waals surface area (Å²) in [6.07, 6.45) is 1.34. The topological polar surface area (TPSA) is 118 Å². The van der Waals surface area contributed by atoms with Crippen molar-refractivity contribution >= 4 is 29.1 Å². The van der Waals surface area contributed by atoms with Crippen LogP contribution in [0, 0.1) is 10.1 Å². The van der Waals surface area contributed by atoms with Gasteiger partial charge in [0, 0.05) is 22.6 Å². The van der Waals surface area contributed by atoms with Gasteiger partial charge in [-0.15, -0.1) is 11.3 Å². The Balaban J connectivity index is 1.59. The number of nitrogens with zero attached hydrogens (tertiary/aromatic N) is 3. The molecule has 1 heterocycles. The molecule has 0 fully saturated rings. The third kappa shape index (κ3) is 4.73. The van der Waals surface area contributed by atoms with Crippen LogP contribution in [0.1, 0.15) is 10.6 Å². The first-order valence-corrected chi connectivity index (χ1v) is 8.70. The number of thiazole rings is 1. The van der Waals surface area contributed by atoms with E-state index in [0.717, 1.165) is 17.3 Å². The summed E-state index contributed by atoms with van der Waals surface area (Å²) in [5, 5.41) is 26.5. The SMILES string of the molecule is O=C(Cc1nc(-c2ccccc2)cs1)N/N=C/c1ccc(O)c([N+](=O)[O-])c1. The lowest BCUT2D eigenvalue weighted by Gasteiger charge is -1.99. The van der Waals surface area contributed by atoms with Crippen LogP contribution in [0.25, 0.3) is 11.3 Å². The third-order valence-corrected chi connectivity index (χ3v) is 4.38. The van der Waals surface area contributed by atoms with Gasteiger partial charge in [-0.2, -0.15) is 5.10 Å². The first kappa shape index (κ1) is 18.2. The molecule has 2 aromatic carbocycles. The molecule has 27 heavy (non-hydrogen) atoms. The summed E-state index contributed by atoms with van der Waals surface area (Å²) in [6.45, 7) is 0. The van der Waals surface area contributed by atoms with Crippen molar-refractivity contribution in [3.63, 3.8) is 0 Å². The maximum absolute atomic E-state index is 12.0. The summed E-state index contributed by atoms with van der Waals surface area (Å²) in [6, 6.07) is 13.5. The van der Waals surface area contributed by atoms with Crippen LogP contribution in [0.2, 0.25) is 0 Å². The number of benzene rings is 2. The van der Waals surface area contributed by atoms with Crippen LogP contribution >= 0.6 is 11.3 Å². The van der Waals surface area contributed by atoms with Crippen LogP contribution in [-0.4, -0.2) is 27.1 Å². The largest absolute Gasteiger partial charge is 0.502 e. The van der Waals surface area contributed by atoms with Crippen molar-refractivity contribution in [3.8, 4) is 17.0 Å². The van der Waals surface area contributed by atoms with Gasteiger partial charge in [-0.1, -0.05) is 30.3 Å². The molecule has 0 aliphatic heterocycles. The Bertz CT molecular complexity index is 1000. The number of phenols is 1. The van der Waals surface area contributed by atoms with Gasteiger partial charge in [-0.05, 0) is 12.1 Å². The minimum absolute atomic E-state index is 0.0740. The van der Waals surface area contributed by atoms with E-state index >= 15 is 0 Å². The minimum atomic E-state index is -0.696. The molecular formula is C18H14N4O4S. The second-order valence-electron chi connectivity index (χ2n) is 5.47. The highest BCUT2D eigenvalue weighted by atomic mass is 32.1. The van der Waals surface area contributed by atoms with Crippen molar-refractivity contribution < 1.29 is 14.8 Å². The molecule has 0 radical (unpaired) electrons. The van der Waals surface area contributed by atoms with Gasteiger partial charge in [0.25, 0.3) is 0 Å². The van der Waals surface area contributed by atoms with E-state index in [1.807, 2.05) is 35.7 Å². The molecule has 2 N–H and O–H groups in total. The Morgan fingerprint density at radius 3 is 2.81 bits per heavy atom. The van der Waals surface area contributed by atoms with Crippen LogP contribution in [-0.2, 0) is 11.2 Å². The Morgan fingerprint density at radius 2 is 2.07 bits per heavy atom. The molecule has 0 bridgehead atoms. The number of carbonyl (C=O) groups excluding carboxylic acids is 1. The average Bonchev–Trinajstić information content (AvgIpc) is 3.12. The molecule has 9 heteroatoms. The number of hydrogen-bond donors (Lipinski definition) is 2. The van der Waals surface area contributed by atoms with Crippen molar-refractivity contribution in [2.75, 3.05) is 0 Å². The molecule has 3 aromatic rings. The number of phenolic OH excluding ortho intramolecular Hbond substituents is 1. The molecule has 0 aliphatic carbocycles. The predicted molar refractivity (Wildman–Crippen MR) is 102 cm³/mol. The molecule has 0 unspecified atom stereocenters. The highest BCUT2D eigenvalue weighted by Crippen LogP contribution is 2.25. The zero-order valence-electron chi connectivity index (χ0n) is 13.9. The van der Waals surface area contributed by atoms with Crippen molar-refractivity contribution in [1.29, 1.82) is 0 Å². The maximum atomic E-state index is 12.0. The average molecular weight is 382 g/mol. The molecule has 0 saturated carbocycles. The molecule has 3 rings (SSSR count). The van der Waals surface area contributed by atoms with Gasteiger partial charge in [0.1, 0.15) is 5.01 Å². The minimum Gasteiger partial charge on any atom is -0.502 e. The number of nitrogens with one attached hydrogen (secondary N) is 1. The fourth-order valence-electron chi connectivity index (χ4n) is 2.26. The summed E-state index contributed by atoms with van der Waals surface area (Å²) in [5.41, 5.74) is 4.09. The highest BCUT2D eigenvalue weighted by Gasteiger charge is 2.13. The Labute approximate surface area is 158 Å². The van der Waals surface area contributed by atoms with Gasteiger partial charge < -0.3 is 5.11 Å². The molecule has 0 spiro atoms. The molecule has 0 atom stereocenters. The van der Waals surface area contributed by atoms with Crippen molar-refractivity contribution in [1.82, 2.24) is 10.4 Å².